The summed E-state index contributed by atoms with van der Waals surface area (Å²) in [7, 11) is 1.79. The molecular weight excluding hydrogens is 240 g/mol. The average Bonchev–Trinajstić information content (AvgIpc) is 2.94. The van der Waals surface area contributed by atoms with Crippen LogP contribution < -0.4 is 5.32 Å². The van der Waals surface area contributed by atoms with E-state index in [-0.39, 0.29) is 17.3 Å². The van der Waals surface area contributed by atoms with Crippen molar-refractivity contribution < 1.29 is 9.53 Å². The van der Waals surface area contributed by atoms with Crippen molar-refractivity contribution in [3.05, 3.63) is 0 Å². The third kappa shape index (κ3) is 2.00. The van der Waals surface area contributed by atoms with Gasteiger partial charge in [-0.25, -0.2) is 0 Å². The van der Waals surface area contributed by atoms with Crippen LogP contribution in [-0.2, 0) is 9.53 Å². The zero-order valence-electron chi connectivity index (χ0n) is 12.2. The van der Waals surface area contributed by atoms with Crippen molar-refractivity contribution >= 4 is 5.91 Å². The minimum Gasteiger partial charge on any atom is -0.376 e. The summed E-state index contributed by atoms with van der Waals surface area (Å²) < 4.78 is 5.71. The summed E-state index contributed by atoms with van der Waals surface area (Å²) in [5.41, 5.74) is -0.297. The summed E-state index contributed by atoms with van der Waals surface area (Å²) in [6.45, 7) is 2.93. The molecule has 1 saturated heterocycles. The third-order valence-electron chi connectivity index (χ3n) is 5.49. The second-order valence-corrected chi connectivity index (χ2v) is 6.53. The van der Waals surface area contributed by atoms with Crippen molar-refractivity contribution in [1.82, 2.24) is 10.2 Å². The van der Waals surface area contributed by atoms with E-state index in [0.29, 0.717) is 5.91 Å². The number of nitrogens with zero attached hydrogens (tertiary/aromatic N) is 1. The lowest BCUT2D eigenvalue weighted by Crippen LogP contribution is -2.53. The van der Waals surface area contributed by atoms with E-state index in [2.05, 4.69) is 17.1 Å². The highest BCUT2D eigenvalue weighted by Crippen LogP contribution is 2.41. The maximum absolute atomic E-state index is 12.8. The number of methoxy groups -OCH3 is 1. The lowest BCUT2D eigenvalue weighted by molar-refractivity contribution is -0.142. The standard InChI is InChI=1S/C15H26N2O2/c1-3-12-16-15(9-4-5-10-15)13(18)17(12)11-14(19-2)7-6-8-14/h12,16H,3-11H2,1-2H3. The minimum absolute atomic E-state index is 0.0606. The van der Waals surface area contributed by atoms with Gasteiger partial charge in [-0.3, -0.25) is 10.1 Å². The molecule has 1 unspecified atom stereocenters. The van der Waals surface area contributed by atoms with E-state index >= 15 is 0 Å². The Labute approximate surface area is 115 Å². The molecule has 3 rings (SSSR count). The number of rotatable bonds is 4. The van der Waals surface area contributed by atoms with Gasteiger partial charge in [0.15, 0.2) is 0 Å². The van der Waals surface area contributed by atoms with Crippen LogP contribution in [0.25, 0.3) is 0 Å². The first kappa shape index (κ1) is 13.4. The van der Waals surface area contributed by atoms with Gasteiger partial charge in [0.05, 0.1) is 23.9 Å². The molecule has 1 aliphatic heterocycles. The van der Waals surface area contributed by atoms with Crippen molar-refractivity contribution in [2.45, 2.75) is 75.6 Å². The first-order valence-corrected chi connectivity index (χ1v) is 7.79. The number of hydrogen-bond donors (Lipinski definition) is 1. The summed E-state index contributed by atoms with van der Waals surface area (Å²) >= 11 is 0. The SMILES string of the molecule is CCC1NC2(CCCC2)C(=O)N1CC1(OC)CCC1. The Kier molecular flexibility index (Phi) is 3.34. The van der Waals surface area contributed by atoms with Crippen LogP contribution in [0.2, 0.25) is 0 Å². The Morgan fingerprint density at radius 3 is 2.42 bits per heavy atom. The first-order chi connectivity index (χ1) is 9.15. The fourth-order valence-corrected chi connectivity index (χ4v) is 4.02. The largest absolute Gasteiger partial charge is 0.376 e. The first-order valence-electron chi connectivity index (χ1n) is 7.79. The lowest BCUT2D eigenvalue weighted by atomic mass is 9.79. The number of carbonyl (C=O) groups is 1. The van der Waals surface area contributed by atoms with Gasteiger partial charge in [-0.2, -0.15) is 0 Å². The molecule has 0 radical (unpaired) electrons. The summed E-state index contributed by atoms with van der Waals surface area (Å²) in [5.74, 6) is 0.333. The quantitative estimate of drug-likeness (QED) is 0.846. The fourth-order valence-electron chi connectivity index (χ4n) is 4.02. The van der Waals surface area contributed by atoms with Crippen molar-refractivity contribution in [2.75, 3.05) is 13.7 Å². The molecule has 4 nitrogen and oxygen atoms in total. The van der Waals surface area contributed by atoms with Crippen molar-refractivity contribution in [2.24, 2.45) is 0 Å². The molecule has 1 amide bonds. The van der Waals surface area contributed by atoms with E-state index in [1.54, 1.807) is 7.11 Å². The van der Waals surface area contributed by atoms with Crippen LogP contribution in [0.1, 0.15) is 58.3 Å². The van der Waals surface area contributed by atoms with Crippen LogP contribution >= 0.6 is 0 Å². The molecule has 0 aromatic heterocycles. The molecule has 3 aliphatic rings. The molecule has 4 heteroatoms. The van der Waals surface area contributed by atoms with Crippen molar-refractivity contribution in [1.29, 1.82) is 0 Å². The van der Waals surface area contributed by atoms with Gasteiger partial charge in [-0.15, -0.1) is 0 Å². The van der Waals surface area contributed by atoms with Crippen LogP contribution in [0.15, 0.2) is 0 Å². The van der Waals surface area contributed by atoms with Gasteiger partial charge in [0, 0.05) is 7.11 Å². The Morgan fingerprint density at radius 2 is 1.95 bits per heavy atom. The third-order valence-corrected chi connectivity index (χ3v) is 5.49. The molecular formula is C15H26N2O2. The zero-order chi connectivity index (χ0) is 13.5. The predicted octanol–water partition coefficient (Wildman–Crippen LogP) is 2.04. The maximum atomic E-state index is 12.8. The van der Waals surface area contributed by atoms with Crippen molar-refractivity contribution in [3.8, 4) is 0 Å². The van der Waals surface area contributed by atoms with E-state index in [1.165, 1.54) is 19.3 Å². The van der Waals surface area contributed by atoms with E-state index in [0.717, 1.165) is 38.6 Å². The molecule has 1 N–H and O–H groups in total. The summed E-state index contributed by atoms with van der Waals surface area (Å²) in [6, 6.07) is 0. The van der Waals surface area contributed by atoms with E-state index in [4.69, 9.17) is 4.74 Å². The molecule has 1 spiro atoms. The second kappa shape index (κ2) is 4.74. The van der Waals surface area contributed by atoms with Crippen LogP contribution in [0.3, 0.4) is 0 Å². The zero-order valence-corrected chi connectivity index (χ0v) is 12.2. The summed E-state index contributed by atoms with van der Waals surface area (Å²) in [5, 5.41) is 3.63. The van der Waals surface area contributed by atoms with Gasteiger partial charge < -0.3 is 9.64 Å². The van der Waals surface area contributed by atoms with E-state index in [1.807, 2.05) is 0 Å². The van der Waals surface area contributed by atoms with E-state index < -0.39 is 0 Å². The van der Waals surface area contributed by atoms with Crippen LogP contribution in [0, 0.1) is 0 Å². The van der Waals surface area contributed by atoms with Gasteiger partial charge in [0.25, 0.3) is 0 Å². The number of carbonyl (C=O) groups excluding carboxylic acids is 1. The summed E-state index contributed by atoms with van der Waals surface area (Å²) in [6.07, 6.45) is 8.98. The molecule has 1 atom stereocenters. The molecule has 1 heterocycles. The highest BCUT2D eigenvalue weighted by atomic mass is 16.5. The Morgan fingerprint density at radius 1 is 1.26 bits per heavy atom. The highest BCUT2D eigenvalue weighted by Gasteiger charge is 2.54. The van der Waals surface area contributed by atoms with Gasteiger partial charge in [0.1, 0.15) is 0 Å². The van der Waals surface area contributed by atoms with Gasteiger partial charge in [0.2, 0.25) is 5.91 Å². The molecule has 2 saturated carbocycles. The monoisotopic (exact) mass is 266 g/mol. The molecule has 0 bridgehead atoms. The fraction of sp³-hybridized carbons (Fsp3) is 0.933. The Balaban J connectivity index is 1.77. The molecule has 19 heavy (non-hydrogen) atoms. The van der Waals surface area contributed by atoms with Crippen LogP contribution in [-0.4, -0.2) is 41.8 Å². The van der Waals surface area contributed by atoms with Gasteiger partial charge >= 0.3 is 0 Å². The number of amides is 1. The lowest BCUT2D eigenvalue weighted by Gasteiger charge is -2.44. The topological polar surface area (TPSA) is 41.6 Å². The van der Waals surface area contributed by atoms with E-state index in [9.17, 15) is 4.79 Å². The Hall–Kier alpha value is -0.610. The maximum Gasteiger partial charge on any atom is 0.244 e. The molecule has 2 aliphatic carbocycles. The molecule has 0 aromatic carbocycles. The number of nitrogens with one attached hydrogen (secondary N) is 1. The van der Waals surface area contributed by atoms with Crippen LogP contribution in [0.5, 0.6) is 0 Å². The Bertz CT molecular complexity index is 354. The normalized spacial score (nSPS) is 32.0. The smallest absolute Gasteiger partial charge is 0.244 e. The highest BCUT2D eigenvalue weighted by molar-refractivity contribution is 5.89. The molecule has 3 fully saturated rings. The molecule has 0 aromatic rings. The number of hydrogen-bond acceptors (Lipinski definition) is 3. The number of ether oxygens (including phenoxy) is 1. The average molecular weight is 266 g/mol. The molecule has 108 valence electrons. The predicted molar refractivity (Wildman–Crippen MR) is 73.7 cm³/mol. The van der Waals surface area contributed by atoms with Crippen molar-refractivity contribution in [3.63, 3.8) is 0 Å². The minimum atomic E-state index is -0.237. The van der Waals surface area contributed by atoms with Crippen LogP contribution in [0.4, 0.5) is 0 Å². The van der Waals surface area contributed by atoms with Gasteiger partial charge in [-0.1, -0.05) is 19.8 Å². The van der Waals surface area contributed by atoms with Gasteiger partial charge in [-0.05, 0) is 38.5 Å². The second-order valence-electron chi connectivity index (χ2n) is 6.53. The summed E-state index contributed by atoms with van der Waals surface area (Å²) in [4.78, 5) is 14.9.